The van der Waals surface area contributed by atoms with E-state index in [9.17, 15) is 13.2 Å². The fraction of sp³-hybridized carbons (Fsp3) is 0.381. The number of benzene rings is 2. The lowest BCUT2D eigenvalue weighted by Crippen LogP contribution is -2.41. The normalized spacial score (nSPS) is 20.2. The number of nitrogens with one attached hydrogen (secondary N) is 2. The van der Waals surface area contributed by atoms with Crippen LogP contribution < -0.4 is 10.0 Å². The minimum absolute atomic E-state index is 0.0998. The molecule has 0 aliphatic heterocycles. The molecule has 2 aromatic rings. The second-order valence-electron chi connectivity index (χ2n) is 7.18. The molecule has 1 amide bonds. The van der Waals surface area contributed by atoms with Crippen molar-refractivity contribution < 1.29 is 13.2 Å². The summed E-state index contributed by atoms with van der Waals surface area (Å²) in [6, 6.07) is 15.7. The predicted octanol–water partition coefficient (Wildman–Crippen LogP) is 3.47. The van der Waals surface area contributed by atoms with Gasteiger partial charge < -0.3 is 5.32 Å². The summed E-state index contributed by atoms with van der Waals surface area (Å²) in [5.74, 6) is 0.232. The fourth-order valence-electron chi connectivity index (χ4n) is 3.44. The van der Waals surface area contributed by atoms with E-state index in [0.29, 0.717) is 11.5 Å². The molecule has 0 aromatic heterocycles. The van der Waals surface area contributed by atoms with Gasteiger partial charge in [-0.2, -0.15) is 0 Å². The summed E-state index contributed by atoms with van der Waals surface area (Å²) in [5, 5.41) is 3.07. The van der Waals surface area contributed by atoms with Gasteiger partial charge in [-0.05, 0) is 42.5 Å². The summed E-state index contributed by atoms with van der Waals surface area (Å²) in [6.45, 7) is 2.36. The van der Waals surface area contributed by atoms with Crippen LogP contribution in [0.2, 0.25) is 0 Å². The zero-order valence-electron chi connectivity index (χ0n) is 15.5. The van der Waals surface area contributed by atoms with Gasteiger partial charge in [0.25, 0.3) is 5.91 Å². The number of hydrogen-bond acceptors (Lipinski definition) is 3. The largest absolute Gasteiger partial charge is 0.349 e. The molecular formula is C21H26N2O3S. The number of rotatable bonds is 6. The molecule has 6 heteroatoms. The van der Waals surface area contributed by atoms with Crippen molar-refractivity contribution in [2.45, 2.75) is 50.1 Å². The van der Waals surface area contributed by atoms with Gasteiger partial charge in [0.05, 0.1) is 4.90 Å². The first-order valence-corrected chi connectivity index (χ1v) is 10.9. The van der Waals surface area contributed by atoms with Gasteiger partial charge >= 0.3 is 0 Å². The number of carbonyl (C=O) groups is 1. The molecule has 0 radical (unpaired) electrons. The van der Waals surface area contributed by atoms with Crippen LogP contribution in [0, 0.1) is 5.92 Å². The van der Waals surface area contributed by atoms with Crippen LogP contribution >= 0.6 is 0 Å². The molecule has 2 unspecified atom stereocenters. The molecule has 144 valence electrons. The summed E-state index contributed by atoms with van der Waals surface area (Å²) in [5.41, 5.74) is 1.25. The van der Waals surface area contributed by atoms with Gasteiger partial charge in [-0.15, -0.1) is 0 Å². The summed E-state index contributed by atoms with van der Waals surface area (Å²) < 4.78 is 27.7. The van der Waals surface area contributed by atoms with Gasteiger partial charge in [0.2, 0.25) is 10.0 Å². The van der Waals surface area contributed by atoms with Crippen LogP contribution in [0.25, 0.3) is 0 Å². The first-order valence-electron chi connectivity index (χ1n) is 9.40. The minimum Gasteiger partial charge on any atom is -0.349 e. The van der Waals surface area contributed by atoms with E-state index >= 15 is 0 Å². The molecule has 1 aliphatic rings. The number of sulfonamides is 1. The molecule has 3 rings (SSSR count). The van der Waals surface area contributed by atoms with Crippen LogP contribution in [0.3, 0.4) is 0 Å². The van der Waals surface area contributed by atoms with E-state index in [1.165, 1.54) is 18.6 Å². The Hall–Kier alpha value is -2.18. The van der Waals surface area contributed by atoms with Gasteiger partial charge in [-0.25, -0.2) is 13.1 Å². The van der Waals surface area contributed by atoms with E-state index < -0.39 is 10.0 Å². The summed E-state index contributed by atoms with van der Waals surface area (Å²) in [4.78, 5) is 12.7. The molecule has 0 spiro atoms. The molecule has 1 saturated carbocycles. The lowest BCUT2D eigenvalue weighted by Gasteiger charge is -2.29. The standard InChI is InChI=1S/C21H26N2O3S/c1-16-8-5-6-13-20(16)23-21(24)18-11-7-12-19(14-18)27(25,26)22-15-17-9-3-2-4-10-17/h2-4,7,9-12,14,16,20,22H,5-6,8,13,15H2,1H3,(H,23,24). The summed E-state index contributed by atoms with van der Waals surface area (Å²) >= 11 is 0. The molecule has 0 heterocycles. The SMILES string of the molecule is CC1CCCCC1NC(=O)c1cccc(S(=O)(=O)NCc2ccccc2)c1. The summed E-state index contributed by atoms with van der Waals surface area (Å²) in [6.07, 6.45) is 4.41. The molecule has 0 saturated heterocycles. The van der Waals surface area contributed by atoms with Crippen LogP contribution in [0.5, 0.6) is 0 Å². The molecule has 27 heavy (non-hydrogen) atoms. The Morgan fingerprint density at radius 2 is 1.78 bits per heavy atom. The zero-order chi connectivity index (χ0) is 19.3. The Balaban J connectivity index is 1.69. The van der Waals surface area contributed by atoms with Gasteiger partial charge in [0.15, 0.2) is 0 Å². The predicted molar refractivity (Wildman–Crippen MR) is 106 cm³/mol. The topological polar surface area (TPSA) is 75.3 Å². The van der Waals surface area contributed by atoms with Crippen LogP contribution in [0.4, 0.5) is 0 Å². The first-order chi connectivity index (χ1) is 13.0. The molecular weight excluding hydrogens is 360 g/mol. The lowest BCUT2D eigenvalue weighted by atomic mass is 9.86. The van der Waals surface area contributed by atoms with Crippen LogP contribution in [-0.4, -0.2) is 20.4 Å². The average Bonchev–Trinajstić information content (AvgIpc) is 2.69. The van der Waals surface area contributed by atoms with Crippen LogP contribution in [0.15, 0.2) is 59.5 Å². The van der Waals surface area contributed by atoms with E-state index in [1.54, 1.807) is 12.1 Å². The van der Waals surface area contributed by atoms with Crippen molar-refractivity contribution in [2.75, 3.05) is 0 Å². The van der Waals surface area contributed by atoms with Gasteiger partial charge in [0.1, 0.15) is 0 Å². The number of carbonyl (C=O) groups excluding carboxylic acids is 1. The minimum atomic E-state index is -3.69. The van der Waals surface area contributed by atoms with E-state index in [1.807, 2.05) is 30.3 Å². The lowest BCUT2D eigenvalue weighted by molar-refractivity contribution is 0.0910. The first kappa shape index (κ1) is 19.6. The number of hydrogen-bond donors (Lipinski definition) is 2. The molecule has 5 nitrogen and oxygen atoms in total. The monoisotopic (exact) mass is 386 g/mol. The summed E-state index contributed by atoms with van der Waals surface area (Å²) in [7, 11) is -3.69. The van der Waals surface area contributed by atoms with Crippen molar-refractivity contribution in [2.24, 2.45) is 5.92 Å². The van der Waals surface area contributed by atoms with E-state index in [0.717, 1.165) is 24.8 Å². The highest BCUT2D eigenvalue weighted by atomic mass is 32.2. The fourth-order valence-corrected chi connectivity index (χ4v) is 4.51. The smallest absolute Gasteiger partial charge is 0.251 e. The molecule has 0 bridgehead atoms. The van der Waals surface area contributed by atoms with E-state index in [2.05, 4.69) is 17.0 Å². The molecule has 2 atom stereocenters. The Morgan fingerprint density at radius 3 is 2.52 bits per heavy atom. The van der Waals surface area contributed by atoms with Crippen molar-refractivity contribution in [3.05, 3.63) is 65.7 Å². The third-order valence-corrected chi connectivity index (χ3v) is 6.54. The highest BCUT2D eigenvalue weighted by Crippen LogP contribution is 2.24. The highest BCUT2D eigenvalue weighted by molar-refractivity contribution is 7.89. The van der Waals surface area contributed by atoms with Gasteiger partial charge in [-0.1, -0.05) is 56.2 Å². The maximum Gasteiger partial charge on any atom is 0.251 e. The maximum atomic E-state index is 12.6. The molecule has 2 aromatic carbocycles. The molecule has 2 N–H and O–H groups in total. The van der Waals surface area contributed by atoms with Crippen molar-refractivity contribution in [1.29, 1.82) is 0 Å². The van der Waals surface area contributed by atoms with Crippen molar-refractivity contribution in [3.8, 4) is 0 Å². The number of amides is 1. The Kier molecular flexibility index (Phi) is 6.29. The zero-order valence-corrected chi connectivity index (χ0v) is 16.3. The quantitative estimate of drug-likeness (QED) is 0.798. The highest BCUT2D eigenvalue weighted by Gasteiger charge is 2.24. The van der Waals surface area contributed by atoms with Crippen molar-refractivity contribution in [1.82, 2.24) is 10.0 Å². The third kappa shape index (κ3) is 5.17. The molecule has 1 aliphatic carbocycles. The van der Waals surface area contributed by atoms with Gasteiger partial charge in [0, 0.05) is 18.2 Å². The second-order valence-corrected chi connectivity index (χ2v) is 8.95. The van der Waals surface area contributed by atoms with Crippen LogP contribution in [0.1, 0.15) is 48.5 Å². The Morgan fingerprint density at radius 1 is 1.04 bits per heavy atom. The molecule has 1 fully saturated rings. The Bertz CT molecular complexity index is 881. The average molecular weight is 387 g/mol. The van der Waals surface area contributed by atoms with Gasteiger partial charge in [-0.3, -0.25) is 4.79 Å². The van der Waals surface area contributed by atoms with Crippen molar-refractivity contribution >= 4 is 15.9 Å². The van der Waals surface area contributed by atoms with Crippen molar-refractivity contribution in [3.63, 3.8) is 0 Å². The van der Waals surface area contributed by atoms with Crippen LogP contribution in [-0.2, 0) is 16.6 Å². The van der Waals surface area contributed by atoms with E-state index in [4.69, 9.17) is 0 Å². The third-order valence-electron chi connectivity index (χ3n) is 5.14. The maximum absolute atomic E-state index is 12.6. The Labute approximate surface area is 161 Å². The second kappa shape index (κ2) is 8.67. The van der Waals surface area contributed by atoms with E-state index in [-0.39, 0.29) is 23.4 Å².